The van der Waals surface area contributed by atoms with Crippen LogP contribution in [0.2, 0.25) is 0 Å². The van der Waals surface area contributed by atoms with Crippen LogP contribution < -0.4 is 16.4 Å². The topological polar surface area (TPSA) is 107 Å². The lowest BCUT2D eigenvalue weighted by atomic mass is 10.1. The zero-order valence-electron chi connectivity index (χ0n) is 19.0. The second-order valence-corrected chi connectivity index (χ2v) is 8.64. The molecule has 0 aliphatic heterocycles. The third-order valence-electron chi connectivity index (χ3n) is 6.21. The summed E-state index contributed by atoms with van der Waals surface area (Å²) in [4.78, 5) is 18.6. The number of nitrogens with two attached hydrogens (primary N) is 1. The molecule has 34 heavy (non-hydrogen) atoms. The Morgan fingerprint density at radius 2 is 1.94 bits per heavy atom. The van der Waals surface area contributed by atoms with E-state index in [2.05, 4.69) is 25.2 Å². The highest BCUT2D eigenvalue weighted by molar-refractivity contribution is 5.84. The number of rotatable bonds is 9. The van der Waals surface area contributed by atoms with Crippen molar-refractivity contribution < 1.29 is 4.39 Å². The van der Waals surface area contributed by atoms with E-state index >= 15 is 0 Å². The maximum absolute atomic E-state index is 13.5. The lowest BCUT2D eigenvalue weighted by molar-refractivity contribution is 0.529. The van der Waals surface area contributed by atoms with Crippen molar-refractivity contribution in [3.05, 3.63) is 60.3 Å². The van der Waals surface area contributed by atoms with Crippen LogP contribution >= 0.6 is 0 Å². The van der Waals surface area contributed by atoms with E-state index in [4.69, 9.17) is 15.7 Å². The van der Waals surface area contributed by atoms with Gasteiger partial charge in [-0.25, -0.2) is 9.37 Å². The van der Waals surface area contributed by atoms with Crippen molar-refractivity contribution in [1.29, 1.82) is 0 Å². The molecule has 4 N–H and O–H groups in total. The maximum Gasteiger partial charge on any atom is 0.226 e. The van der Waals surface area contributed by atoms with Gasteiger partial charge in [0.15, 0.2) is 17.0 Å². The molecule has 0 saturated heterocycles. The third kappa shape index (κ3) is 4.84. The Labute approximate surface area is 197 Å². The number of benzene rings is 1. The molecule has 4 aromatic rings. The van der Waals surface area contributed by atoms with E-state index in [0.717, 1.165) is 47.2 Å². The quantitative estimate of drug-likeness (QED) is 0.315. The van der Waals surface area contributed by atoms with Crippen molar-refractivity contribution in [1.82, 2.24) is 24.5 Å². The predicted octanol–water partition coefficient (Wildman–Crippen LogP) is 4.52. The summed E-state index contributed by atoms with van der Waals surface area (Å²) < 4.78 is 15.7. The van der Waals surface area contributed by atoms with Gasteiger partial charge in [0.05, 0.1) is 12.0 Å². The molecule has 1 aliphatic carbocycles. The molecule has 0 atom stereocenters. The van der Waals surface area contributed by atoms with Crippen molar-refractivity contribution >= 4 is 22.9 Å². The molecule has 1 aliphatic rings. The van der Waals surface area contributed by atoms with Crippen LogP contribution in [0.5, 0.6) is 0 Å². The molecule has 1 aromatic carbocycles. The first-order chi connectivity index (χ1) is 16.7. The lowest BCUT2D eigenvalue weighted by Crippen LogP contribution is -2.13. The molecule has 0 radical (unpaired) electrons. The van der Waals surface area contributed by atoms with Gasteiger partial charge >= 0.3 is 0 Å². The fraction of sp³-hybridized carbons (Fsp3) is 0.360. The van der Waals surface area contributed by atoms with Crippen LogP contribution in [0, 0.1) is 5.82 Å². The second kappa shape index (κ2) is 10.1. The van der Waals surface area contributed by atoms with E-state index in [1.165, 1.54) is 25.0 Å². The number of hydrogen-bond acceptors (Lipinski definition) is 7. The zero-order valence-corrected chi connectivity index (χ0v) is 19.0. The molecule has 8 nitrogen and oxygen atoms in total. The normalized spacial score (nSPS) is 14.1. The number of aromatic nitrogens is 5. The van der Waals surface area contributed by atoms with Gasteiger partial charge < -0.3 is 20.9 Å². The van der Waals surface area contributed by atoms with Crippen molar-refractivity contribution in [2.75, 3.05) is 23.7 Å². The number of nitrogens with zero attached hydrogens (tertiary/aromatic N) is 5. The number of anilines is 2. The summed E-state index contributed by atoms with van der Waals surface area (Å²) in [5.41, 5.74) is 9.72. The fourth-order valence-corrected chi connectivity index (χ4v) is 4.40. The Bertz CT molecular complexity index is 1250. The summed E-state index contributed by atoms with van der Waals surface area (Å²) in [5, 5.41) is 6.70. The molecule has 5 rings (SSSR count). The van der Waals surface area contributed by atoms with E-state index in [1.807, 2.05) is 24.5 Å². The highest BCUT2D eigenvalue weighted by Gasteiger charge is 2.21. The van der Waals surface area contributed by atoms with Gasteiger partial charge in [-0.15, -0.1) is 0 Å². The Hall–Kier alpha value is -3.59. The number of pyridine rings is 1. The first-order valence-electron chi connectivity index (χ1n) is 11.8. The smallest absolute Gasteiger partial charge is 0.226 e. The van der Waals surface area contributed by atoms with Crippen molar-refractivity contribution in [2.45, 2.75) is 44.7 Å². The van der Waals surface area contributed by atoms with Crippen LogP contribution in [0.25, 0.3) is 22.4 Å². The highest BCUT2D eigenvalue weighted by Crippen LogP contribution is 2.33. The predicted molar refractivity (Wildman–Crippen MR) is 132 cm³/mol. The zero-order chi connectivity index (χ0) is 23.3. The van der Waals surface area contributed by atoms with Crippen LogP contribution in [-0.2, 0) is 6.54 Å². The second-order valence-electron chi connectivity index (χ2n) is 8.64. The molecule has 0 unspecified atom stereocenters. The molecule has 9 heteroatoms. The van der Waals surface area contributed by atoms with Crippen molar-refractivity contribution in [2.24, 2.45) is 5.73 Å². The van der Waals surface area contributed by atoms with E-state index < -0.39 is 0 Å². The van der Waals surface area contributed by atoms with Crippen LogP contribution in [0.1, 0.15) is 43.7 Å². The molecule has 3 heterocycles. The minimum Gasteiger partial charge on any atom is -0.364 e. The number of hydrogen-bond donors (Lipinski definition) is 3. The molecule has 3 aromatic heterocycles. The number of imidazole rings is 1. The van der Waals surface area contributed by atoms with Gasteiger partial charge in [-0.2, -0.15) is 9.97 Å². The van der Waals surface area contributed by atoms with E-state index in [0.29, 0.717) is 37.4 Å². The third-order valence-corrected chi connectivity index (χ3v) is 6.21. The molecule has 1 fully saturated rings. The summed E-state index contributed by atoms with van der Waals surface area (Å²) in [5.74, 6) is 0.986. The standard InChI is InChI=1S/C25H29FN8/c26-19-6-3-5-18(13-19)21-10-9-17(14-29-21)15-30-23-22-24(33-25(32-23)28-12-4-11-27)34(16-31-22)20-7-1-2-8-20/h3,5-6,9-10,13-14,16,20H,1-2,4,7-8,11-12,15,27H2,(H2,28,30,32,33). The van der Waals surface area contributed by atoms with Gasteiger partial charge in [-0.3, -0.25) is 4.98 Å². The molecule has 0 amide bonds. The van der Waals surface area contributed by atoms with E-state index in [9.17, 15) is 4.39 Å². The summed E-state index contributed by atoms with van der Waals surface area (Å²) >= 11 is 0. The highest BCUT2D eigenvalue weighted by atomic mass is 19.1. The van der Waals surface area contributed by atoms with Crippen molar-refractivity contribution in [3.8, 4) is 11.3 Å². The largest absolute Gasteiger partial charge is 0.364 e. The first kappa shape index (κ1) is 22.2. The van der Waals surface area contributed by atoms with Gasteiger partial charge in [-0.05, 0) is 49.6 Å². The number of fused-ring (bicyclic) bond motifs is 1. The van der Waals surface area contributed by atoms with Gasteiger partial charge in [0, 0.05) is 30.9 Å². The Morgan fingerprint density at radius 1 is 1.06 bits per heavy atom. The lowest BCUT2D eigenvalue weighted by Gasteiger charge is -2.14. The minimum absolute atomic E-state index is 0.272. The Balaban J connectivity index is 1.37. The minimum atomic E-state index is -0.272. The molecular weight excluding hydrogens is 431 g/mol. The molecule has 176 valence electrons. The number of nitrogens with one attached hydrogen (secondary N) is 2. The summed E-state index contributed by atoms with van der Waals surface area (Å²) in [6.45, 7) is 1.85. The molecule has 0 bridgehead atoms. The van der Waals surface area contributed by atoms with Crippen LogP contribution in [0.15, 0.2) is 48.9 Å². The summed E-state index contributed by atoms with van der Waals surface area (Å²) in [6, 6.07) is 10.8. The van der Waals surface area contributed by atoms with Gasteiger partial charge in [0.1, 0.15) is 5.82 Å². The first-order valence-corrected chi connectivity index (χ1v) is 11.8. The summed E-state index contributed by atoms with van der Waals surface area (Å²) in [6.07, 6.45) is 9.30. The molecule has 1 saturated carbocycles. The summed E-state index contributed by atoms with van der Waals surface area (Å²) in [7, 11) is 0. The average Bonchev–Trinajstić information content (AvgIpc) is 3.53. The maximum atomic E-state index is 13.5. The molecule has 0 spiro atoms. The van der Waals surface area contributed by atoms with Gasteiger partial charge in [-0.1, -0.05) is 31.0 Å². The fourth-order valence-electron chi connectivity index (χ4n) is 4.40. The Morgan fingerprint density at radius 3 is 2.71 bits per heavy atom. The van der Waals surface area contributed by atoms with E-state index in [-0.39, 0.29) is 5.82 Å². The Kier molecular flexibility index (Phi) is 6.62. The SMILES string of the molecule is NCCCNc1nc(NCc2ccc(-c3cccc(F)c3)nc2)c2ncn(C3CCCC3)c2n1. The van der Waals surface area contributed by atoms with Gasteiger partial charge in [0.2, 0.25) is 5.95 Å². The van der Waals surface area contributed by atoms with Gasteiger partial charge in [0.25, 0.3) is 0 Å². The van der Waals surface area contributed by atoms with Crippen LogP contribution in [0.4, 0.5) is 16.2 Å². The average molecular weight is 461 g/mol. The van der Waals surface area contributed by atoms with Crippen LogP contribution in [-0.4, -0.2) is 37.6 Å². The number of halogens is 1. The van der Waals surface area contributed by atoms with E-state index in [1.54, 1.807) is 12.3 Å². The molecular formula is C25H29FN8. The van der Waals surface area contributed by atoms with Crippen LogP contribution in [0.3, 0.4) is 0 Å². The monoisotopic (exact) mass is 460 g/mol. The van der Waals surface area contributed by atoms with Crippen molar-refractivity contribution in [3.63, 3.8) is 0 Å².